The summed E-state index contributed by atoms with van der Waals surface area (Å²) in [5, 5.41) is 7.38. The second-order valence-corrected chi connectivity index (χ2v) is 5.22. The van der Waals surface area contributed by atoms with Gasteiger partial charge in [0.15, 0.2) is 0 Å². The Balaban J connectivity index is 1.97. The zero-order valence-electron chi connectivity index (χ0n) is 10.5. The average Bonchev–Trinajstić information content (AvgIpc) is 2.72. The molecule has 1 heterocycles. The molecule has 2 rings (SSSR count). The number of nitrogens with zero attached hydrogens (tertiary/aromatic N) is 1. The van der Waals surface area contributed by atoms with Crippen LogP contribution in [0.3, 0.4) is 0 Å². The Labute approximate surface area is 98.8 Å². The Morgan fingerprint density at radius 3 is 2.06 bits per heavy atom. The molecular weight excluding hydrogens is 196 g/mol. The number of hydrogen-bond donors (Lipinski definition) is 1. The first-order valence-corrected chi connectivity index (χ1v) is 6.88. The Morgan fingerprint density at radius 1 is 1.00 bits per heavy atom. The summed E-state index contributed by atoms with van der Waals surface area (Å²) in [4.78, 5) is 0. The molecule has 0 amide bonds. The zero-order valence-corrected chi connectivity index (χ0v) is 10.5. The molecule has 16 heavy (non-hydrogen) atoms. The van der Waals surface area contributed by atoms with Crippen LogP contribution in [-0.2, 0) is 0 Å². The van der Waals surface area contributed by atoms with Crippen LogP contribution >= 0.6 is 0 Å². The van der Waals surface area contributed by atoms with Crippen molar-refractivity contribution in [3.05, 3.63) is 17.5 Å². The molecule has 1 N–H and O–H groups in total. The molecule has 0 atom stereocenters. The SMILES string of the molecule is Cc1cn[nH]c1C1CCCCCCCCC1. The second kappa shape index (κ2) is 6.07. The van der Waals surface area contributed by atoms with E-state index >= 15 is 0 Å². The Kier molecular flexibility index (Phi) is 4.44. The summed E-state index contributed by atoms with van der Waals surface area (Å²) in [5.41, 5.74) is 2.75. The lowest BCUT2D eigenvalue weighted by Crippen LogP contribution is -2.03. The van der Waals surface area contributed by atoms with E-state index in [1.54, 1.807) is 0 Å². The van der Waals surface area contributed by atoms with Crippen molar-refractivity contribution in [3.8, 4) is 0 Å². The summed E-state index contributed by atoms with van der Waals surface area (Å²) in [5.74, 6) is 0.737. The minimum absolute atomic E-state index is 0.737. The lowest BCUT2D eigenvalue weighted by molar-refractivity contribution is 0.456. The number of nitrogens with one attached hydrogen (secondary N) is 1. The van der Waals surface area contributed by atoms with Crippen molar-refractivity contribution in [1.82, 2.24) is 10.2 Å². The van der Waals surface area contributed by atoms with Crippen molar-refractivity contribution in [2.75, 3.05) is 0 Å². The smallest absolute Gasteiger partial charge is 0.0519 e. The van der Waals surface area contributed by atoms with E-state index in [2.05, 4.69) is 17.1 Å². The van der Waals surface area contributed by atoms with Gasteiger partial charge in [-0.1, -0.05) is 44.9 Å². The lowest BCUT2D eigenvalue weighted by atomic mass is 9.89. The summed E-state index contributed by atoms with van der Waals surface area (Å²) in [6.45, 7) is 2.18. The van der Waals surface area contributed by atoms with Gasteiger partial charge in [0.25, 0.3) is 0 Å². The summed E-state index contributed by atoms with van der Waals surface area (Å²) in [6.07, 6.45) is 14.6. The van der Waals surface area contributed by atoms with Gasteiger partial charge in [-0.05, 0) is 25.3 Å². The van der Waals surface area contributed by atoms with Crippen LogP contribution in [-0.4, -0.2) is 10.2 Å². The van der Waals surface area contributed by atoms with E-state index in [0.717, 1.165) is 5.92 Å². The molecule has 1 aromatic rings. The van der Waals surface area contributed by atoms with Crippen molar-refractivity contribution < 1.29 is 0 Å². The molecule has 1 aliphatic carbocycles. The third-order valence-electron chi connectivity index (χ3n) is 3.88. The average molecular weight is 220 g/mol. The fraction of sp³-hybridized carbons (Fsp3) is 0.786. The molecule has 0 aromatic carbocycles. The van der Waals surface area contributed by atoms with E-state index in [1.807, 2.05) is 6.20 Å². The van der Waals surface area contributed by atoms with Crippen LogP contribution < -0.4 is 0 Å². The number of H-pyrrole nitrogens is 1. The lowest BCUT2D eigenvalue weighted by Gasteiger charge is -2.17. The van der Waals surface area contributed by atoms with Crippen molar-refractivity contribution >= 4 is 0 Å². The number of aromatic amines is 1. The van der Waals surface area contributed by atoms with Gasteiger partial charge < -0.3 is 0 Å². The van der Waals surface area contributed by atoms with E-state index in [9.17, 15) is 0 Å². The van der Waals surface area contributed by atoms with E-state index in [4.69, 9.17) is 0 Å². The third-order valence-corrected chi connectivity index (χ3v) is 3.88. The van der Waals surface area contributed by atoms with Crippen LogP contribution in [0.1, 0.15) is 75.0 Å². The van der Waals surface area contributed by atoms with Gasteiger partial charge in [-0.25, -0.2) is 0 Å². The fourth-order valence-electron chi connectivity index (χ4n) is 2.87. The molecule has 1 saturated carbocycles. The largest absolute Gasteiger partial charge is 0.282 e. The maximum Gasteiger partial charge on any atom is 0.0519 e. The van der Waals surface area contributed by atoms with Crippen LogP contribution in [0.2, 0.25) is 0 Å². The highest BCUT2D eigenvalue weighted by atomic mass is 15.1. The molecule has 1 aliphatic rings. The topological polar surface area (TPSA) is 28.7 Å². The van der Waals surface area contributed by atoms with Gasteiger partial charge in [-0.2, -0.15) is 5.10 Å². The van der Waals surface area contributed by atoms with Crippen LogP contribution in [0.4, 0.5) is 0 Å². The van der Waals surface area contributed by atoms with Gasteiger partial charge in [0.05, 0.1) is 6.20 Å². The maximum atomic E-state index is 4.17. The molecule has 1 aromatic heterocycles. The van der Waals surface area contributed by atoms with Gasteiger partial charge in [0.2, 0.25) is 0 Å². The Morgan fingerprint density at radius 2 is 1.56 bits per heavy atom. The highest BCUT2D eigenvalue weighted by molar-refractivity contribution is 5.18. The first kappa shape index (κ1) is 11.7. The molecular formula is C14H24N2. The molecule has 2 nitrogen and oxygen atoms in total. The number of hydrogen-bond acceptors (Lipinski definition) is 1. The minimum Gasteiger partial charge on any atom is -0.282 e. The van der Waals surface area contributed by atoms with E-state index in [1.165, 1.54) is 69.0 Å². The minimum atomic E-state index is 0.737. The second-order valence-electron chi connectivity index (χ2n) is 5.22. The Bertz CT molecular complexity index is 293. The van der Waals surface area contributed by atoms with Crippen molar-refractivity contribution in [1.29, 1.82) is 0 Å². The first-order chi connectivity index (χ1) is 7.88. The molecule has 0 bridgehead atoms. The van der Waals surface area contributed by atoms with Crippen LogP contribution in [0.25, 0.3) is 0 Å². The van der Waals surface area contributed by atoms with E-state index in [0.29, 0.717) is 0 Å². The van der Waals surface area contributed by atoms with Gasteiger partial charge in [-0.3, -0.25) is 5.10 Å². The monoisotopic (exact) mass is 220 g/mol. The predicted molar refractivity (Wildman–Crippen MR) is 67.6 cm³/mol. The zero-order chi connectivity index (χ0) is 11.2. The molecule has 1 fully saturated rings. The van der Waals surface area contributed by atoms with Crippen LogP contribution in [0.15, 0.2) is 6.20 Å². The molecule has 0 radical (unpaired) electrons. The number of rotatable bonds is 1. The number of aromatic nitrogens is 2. The van der Waals surface area contributed by atoms with Gasteiger partial charge in [0, 0.05) is 11.6 Å². The van der Waals surface area contributed by atoms with E-state index in [-0.39, 0.29) is 0 Å². The molecule has 0 spiro atoms. The summed E-state index contributed by atoms with van der Waals surface area (Å²) >= 11 is 0. The Hall–Kier alpha value is -0.790. The van der Waals surface area contributed by atoms with Crippen LogP contribution in [0.5, 0.6) is 0 Å². The van der Waals surface area contributed by atoms with Gasteiger partial charge in [-0.15, -0.1) is 0 Å². The van der Waals surface area contributed by atoms with E-state index < -0.39 is 0 Å². The normalized spacial score (nSPS) is 20.8. The fourth-order valence-corrected chi connectivity index (χ4v) is 2.87. The van der Waals surface area contributed by atoms with Crippen molar-refractivity contribution in [2.24, 2.45) is 0 Å². The van der Waals surface area contributed by atoms with Crippen molar-refractivity contribution in [2.45, 2.75) is 70.6 Å². The van der Waals surface area contributed by atoms with Gasteiger partial charge in [0.1, 0.15) is 0 Å². The third kappa shape index (κ3) is 3.10. The highest BCUT2D eigenvalue weighted by Crippen LogP contribution is 2.30. The molecule has 0 saturated heterocycles. The van der Waals surface area contributed by atoms with Crippen LogP contribution in [0, 0.1) is 6.92 Å². The maximum absolute atomic E-state index is 4.17. The van der Waals surface area contributed by atoms with Gasteiger partial charge >= 0.3 is 0 Å². The standard InChI is InChI=1S/C14H24N2/c1-12-11-15-16-14(12)13-9-7-5-3-2-4-6-8-10-13/h11,13H,2-10H2,1H3,(H,15,16). The summed E-state index contributed by atoms with van der Waals surface area (Å²) < 4.78 is 0. The molecule has 90 valence electrons. The summed E-state index contributed by atoms with van der Waals surface area (Å²) in [6, 6.07) is 0. The molecule has 0 aliphatic heterocycles. The quantitative estimate of drug-likeness (QED) is 0.750. The number of aryl methyl sites for hydroxylation is 1. The molecule has 2 heteroatoms. The highest BCUT2D eigenvalue weighted by Gasteiger charge is 2.15. The predicted octanol–water partition coefficient (Wildman–Crippen LogP) is 4.33. The van der Waals surface area contributed by atoms with Crippen molar-refractivity contribution in [3.63, 3.8) is 0 Å². The molecule has 0 unspecified atom stereocenters. The summed E-state index contributed by atoms with van der Waals surface area (Å²) in [7, 11) is 0. The first-order valence-electron chi connectivity index (χ1n) is 6.88.